The molecule has 18 heavy (non-hydrogen) atoms. The number of phenols is 1. The molecule has 0 aliphatic carbocycles. The normalized spacial score (nSPS) is 12.6. The minimum atomic E-state index is 0.125. The van der Waals surface area contributed by atoms with Crippen molar-refractivity contribution >= 4 is 0 Å². The Balaban J connectivity index is 1.91. The molecule has 0 aliphatic heterocycles. The van der Waals surface area contributed by atoms with E-state index in [2.05, 4.69) is 17.3 Å². The molecular formula is C14H19N3O. The maximum Gasteiger partial charge on any atom is 0.120 e. The first-order chi connectivity index (χ1) is 8.66. The van der Waals surface area contributed by atoms with E-state index in [0.29, 0.717) is 5.75 Å². The third-order valence-electron chi connectivity index (χ3n) is 3.00. The molecule has 1 aromatic carbocycles. The molecular weight excluding hydrogens is 226 g/mol. The quantitative estimate of drug-likeness (QED) is 0.849. The van der Waals surface area contributed by atoms with Crippen LogP contribution in [0.1, 0.15) is 24.1 Å². The van der Waals surface area contributed by atoms with Crippen molar-refractivity contribution in [2.75, 3.05) is 6.54 Å². The second-order valence-electron chi connectivity index (χ2n) is 4.51. The van der Waals surface area contributed by atoms with Gasteiger partial charge in [0.1, 0.15) is 5.75 Å². The van der Waals surface area contributed by atoms with Crippen LogP contribution >= 0.6 is 0 Å². The van der Waals surface area contributed by atoms with Crippen LogP contribution in [0.15, 0.2) is 36.7 Å². The molecule has 2 N–H and O–H groups in total. The summed E-state index contributed by atoms with van der Waals surface area (Å²) in [6.07, 6.45) is 3.71. The van der Waals surface area contributed by atoms with Crippen molar-refractivity contribution in [3.63, 3.8) is 0 Å². The Labute approximate surface area is 107 Å². The zero-order valence-corrected chi connectivity index (χ0v) is 10.8. The summed E-state index contributed by atoms with van der Waals surface area (Å²) in [5, 5.41) is 17.4. The van der Waals surface area contributed by atoms with Gasteiger partial charge in [-0.2, -0.15) is 5.10 Å². The lowest BCUT2D eigenvalue weighted by Gasteiger charge is -2.16. The molecule has 0 spiro atoms. The van der Waals surface area contributed by atoms with Crippen molar-refractivity contribution in [1.29, 1.82) is 0 Å². The average Bonchev–Trinajstić information content (AvgIpc) is 2.85. The van der Waals surface area contributed by atoms with E-state index < -0.39 is 0 Å². The molecule has 0 amide bonds. The van der Waals surface area contributed by atoms with Gasteiger partial charge < -0.3 is 10.4 Å². The summed E-state index contributed by atoms with van der Waals surface area (Å²) in [7, 11) is 0. The largest absolute Gasteiger partial charge is 0.508 e. The molecule has 2 rings (SSSR count). The number of phenolic OH excluding ortho intramolecular Hbond substituents is 1. The van der Waals surface area contributed by atoms with Crippen LogP contribution in [0.4, 0.5) is 0 Å². The fraction of sp³-hybridized carbons (Fsp3) is 0.357. The van der Waals surface area contributed by atoms with E-state index in [1.54, 1.807) is 12.3 Å². The van der Waals surface area contributed by atoms with Crippen molar-refractivity contribution in [3.05, 3.63) is 47.8 Å². The lowest BCUT2D eigenvalue weighted by Crippen LogP contribution is -2.23. The molecule has 4 nitrogen and oxygen atoms in total. The molecule has 0 aliphatic rings. The Morgan fingerprint density at radius 3 is 3.00 bits per heavy atom. The number of aromatic nitrogens is 2. The van der Waals surface area contributed by atoms with Gasteiger partial charge >= 0.3 is 0 Å². The Morgan fingerprint density at radius 1 is 1.44 bits per heavy atom. The minimum Gasteiger partial charge on any atom is -0.508 e. The predicted molar refractivity (Wildman–Crippen MR) is 71.5 cm³/mol. The Bertz CT molecular complexity index is 494. The highest BCUT2D eigenvalue weighted by Gasteiger charge is 2.09. The van der Waals surface area contributed by atoms with Crippen LogP contribution in [-0.4, -0.2) is 21.4 Å². The first-order valence-electron chi connectivity index (χ1n) is 6.17. The smallest absolute Gasteiger partial charge is 0.120 e. The van der Waals surface area contributed by atoms with Crippen LogP contribution in [0, 0.1) is 6.92 Å². The van der Waals surface area contributed by atoms with Crippen LogP contribution in [0.3, 0.4) is 0 Å². The molecule has 2 aromatic rings. The van der Waals surface area contributed by atoms with E-state index in [-0.39, 0.29) is 6.04 Å². The highest BCUT2D eigenvalue weighted by atomic mass is 16.3. The van der Waals surface area contributed by atoms with Crippen LogP contribution in [-0.2, 0) is 6.54 Å². The number of benzene rings is 1. The van der Waals surface area contributed by atoms with Crippen LogP contribution < -0.4 is 5.32 Å². The first-order valence-corrected chi connectivity index (χ1v) is 6.17. The number of aromatic hydroxyl groups is 1. The maximum absolute atomic E-state index is 9.83. The SMILES string of the molecule is Cc1ccc(O)c(C(C)NCCn2cccn2)c1. The zero-order chi connectivity index (χ0) is 13.0. The monoisotopic (exact) mass is 245 g/mol. The molecule has 96 valence electrons. The van der Waals surface area contributed by atoms with E-state index in [4.69, 9.17) is 0 Å². The molecule has 1 heterocycles. The van der Waals surface area contributed by atoms with Crippen LogP contribution in [0.5, 0.6) is 5.75 Å². The minimum absolute atomic E-state index is 0.125. The predicted octanol–water partition coefficient (Wildman–Crippen LogP) is 2.25. The lowest BCUT2D eigenvalue weighted by atomic mass is 10.0. The average molecular weight is 245 g/mol. The number of hydrogen-bond donors (Lipinski definition) is 2. The fourth-order valence-corrected chi connectivity index (χ4v) is 1.96. The summed E-state index contributed by atoms with van der Waals surface area (Å²) in [6.45, 7) is 5.72. The molecule has 0 bridgehead atoms. The van der Waals surface area contributed by atoms with Crippen molar-refractivity contribution in [2.45, 2.75) is 26.4 Å². The van der Waals surface area contributed by atoms with Crippen LogP contribution in [0.25, 0.3) is 0 Å². The van der Waals surface area contributed by atoms with E-state index >= 15 is 0 Å². The summed E-state index contributed by atoms with van der Waals surface area (Å²) in [4.78, 5) is 0. The van der Waals surface area contributed by atoms with Gasteiger partial charge in [0.2, 0.25) is 0 Å². The second kappa shape index (κ2) is 5.69. The van der Waals surface area contributed by atoms with Crippen LogP contribution in [0.2, 0.25) is 0 Å². The third kappa shape index (κ3) is 3.11. The van der Waals surface area contributed by atoms with Crippen molar-refractivity contribution in [2.24, 2.45) is 0 Å². The summed E-state index contributed by atoms with van der Waals surface area (Å²) in [6, 6.07) is 7.71. The number of nitrogens with zero attached hydrogens (tertiary/aromatic N) is 2. The van der Waals surface area contributed by atoms with Crippen molar-refractivity contribution in [3.8, 4) is 5.75 Å². The highest BCUT2D eigenvalue weighted by Crippen LogP contribution is 2.24. The number of rotatable bonds is 5. The van der Waals surface area contributed by atoms with E-state index in [1.807, 2.05) is 36.0 Å². The van der Waals surface area contributed by atoms with E-state index in [1.165, 1.54) is 0 Å². The van der Waals surface area contributed by atoms with Gasteiger partial charge in [-0.3, -0.25) is 4.68 Å². The molecule has 1 atom stereocenters. The van der Waals surface area contributed by atoms with Gasteiger partial charge in [-0.15, -0.1) is 0 Å². The number of nitrogens with one attached hydrogen (secondary N) is 1. The Morgan fingerprint density at radius 2 is 2.28 bits per heavy atom. The van der Waals surface area contributed by atoms with E-state index in [0.717, 1.165) is 24.2 Å². The molecule has 0 radical (unpaired) electrons. The van der Waals surface area contributed by atoms with Gasteiger partial charge in [0, 0.05) is 30.5 Å². The van der Waals surface area contributed by atoms with Gasteiger partial charge in [-0.05, 0) is 26.0 Å². The van der Waals surface area contributed by atoms with Gasteiger partial charge in [0.25, 0.3) is 0 Å². The van der Waals surface area contributed by atoms with Crippen molar-refractivity contribution in [1.82, 2.24) is 15.1 Å². The second-order valence-corrected chi connectivity index (χ2v) is 4.51. The highest BCUT2D eigenvalue weighted by molar-refractivity contribution is 5.37. The molecule has 1 unspecified atom stereocenters. The lowest BCUT2D eigenvalue weighted by molar-refractivity contribution is 0.446. The summed E-state index contributed by atoms with van der Waals surface area (Å²) < 4.78 is 1.88. The topological polar surface area (TPSA) is 50.1 Å². The Hall–Kier alpha value is -1.81. The Kier molecular flexibility index (Phi) is 3.99. The fourth-order valence-electron chi connectivity index (χ4n) is 1.96. The summed E-state index contributed by atoms with van der Waals surface area (Å²) >= 11 is 0. The number of hydrogen-bond acceptors (Lipinski definition) is 3. The van der Waals surface area contributed by atoms with Gasteiger partial charge in [-0.1, -0.05) is 17.7 Å². The standard InChI is InChI=1S/C14H19N3O/c1-11-4-5-14(18)13(10-11)12(2)15-7-9-17-8-3-6-16-17/h3-6,8,10,12,15,18H,7,9H2,1-2H3. The molecule has 0 fully saturated rings. The molecule has 0 saturated heterocycles. The molecule has 0 saturated carbocycles. The third-order valence-corrected chi connectivity index (χ3v) is 3.00. The van der Waals surface area contributed by atoms with Gasteiger partial charge in [0.05, 0.1) is 6.54 Å². The number of aryl methyl sites for hydroxylation is 1. The van der Waals surface area contributed by atoms with Gasteiger partial charge in [0.15, 0.2) is 0 Å². The maximum atomic E-state index is 9.83. The summed E-state index contributed by atoms with van der Waals surface area (Å²) in [5.74, 6) is 0.347. The zero-order valence-electron chi connectivity index (χ0n) is 10.8. The van der Waals surface area contributed by atoms with Gasteiger partial charge in [-0.25, -0.2) is 0 Å². The van der Waals surface area contributed by atoms with E-state index in [9.17, 15) is 5.11 Å². The van der Waals surface area contributed by atoms with Crippen molar-refractivity contribution < 1.29 is 5.11 Å². The summed E-state index contributed by atoms with van der Waals surface area (Å²) in [5.41, 5.74) is 2.10. The first kappa shape index (κ1) is 12.6. The molecule has 4 heteroatoms. The molecule has 1 aromatic heterocycles.